The van der Waals surface area contributed by atoms with Crippen molar-refractivity contribution in [1.82, 2.24) is 9.88 Å². The number of fused-ring (bicyclic) bond motifs is 1. The highest BCUT2D eigenvalue weighted by Crippen LogP contribution is 2.33. The second-order valence-electron chi connectivity index (χ2n) is 12.0. The molecule has 0 radical (unpaired) electrons. The largest absolute Gasteiger partial charge is 0.493 e. The number of oxazole rings is 1. The van der Waals surface area contributed by atoms with Crippen molar-refractivity contribution in [3.63, 3.8) is 0 Å². The number of hydrogen-bond acceptors (Lipinski definition) is 6. The molecule has 1 aromatic heterocycles. The number of aromatic nitrogens is 1. The van der Waals surface area contributed by atoms with Gasteiger partial charge in [-0.05, 0) is 87.9 Å². The number of amides is 1. The first-order valence-electron chi connectivity index (χ1n) is 14.7. The van der Waals surface area contributed by atoms with Crippen LogP contribution < -0.4 is 10.5 Å². The molecule has 0 saturated carbocycles. The first kappa shape index (κ1) is 33.3. The third kappa shape index (κ3) is 9.68. The highest BCUT2D eigenvalue weighted by Gasteiger charge is 2.35. The van der Waals surface area contributed by atoms with Crippen molar-refractivity contribution in [2.75, 3.05) is 13.2 Å². The fraction of sp³-hybridized carbons (Fsp3) is 0.400. The number of aliphatic carboxylic acids is 1. The van der Waals surface area contributed by atoms with Crippen LogP contribution in [0.5, 0.6) is 5.75 Å². The van der Waals surface area contributed by atoms with E-state index in [2.05, 4.69) is 31.0 Å². The van der Waals surface area contributed by atoms with Gasteiger partial charge in [-0.2, -0.15) is 0 Å². The standard InChI is InChI=1S/C31H34N2O5.C4H11N/c1-5-6-7-8-28(34)33-17-15-23-13-14-25(19-26(23)29(33)31(35)36)37-18-16-27-21(4)38-30(32-27)24-11-9-22(10-12-24)20(2)3;1-4(2,3)5/h5-14,19-20,29H,15-18H2,1-4H3,(H,35,36);5H2,1-3H3. The van der Waals surface area contributed by atoms with Crippen LogP contribution in [0.1, 0.15) is 81.6 Å². The molecule has 1 aliphatic heterocycles. The predicted octanol–water partition coefficient (Wildman–Crippen LogP) is 6.78. The molecule has 0 bridgehead atoms. The summed E-state index contributed by atoms with van der Waals surface area (Å²) in [4.78, 5) is 30.9. The van der Waals surface area contributed by atoms with E-state index in [1.807, 2.05) is 58.9 Å². The van der Waals surface area contributed by atoms with E-state index in [1.165, 1.54) is 16.5 Å². The maximum absolute atomic E-state index is 12.7. The van der Waals surface area contributed by atoms with E-state index in [1.54, 1.807) is 24.3 Å². The van der Waals surface area contributed by atoms with Gasteiger partial charge in [0.1, 0.15) is 11.5 Å². The minimum Gasteiger partial charge on any atom is -0.493 e. The topological polar surface area (TPSA) is 119 Å². The number of aryl methyl sites for hydroxylation is 1. The number of carboxylic acids is 1. The molecule has 2 aromatic carbocycles. The minimum absolute atomic E-state index is 0. The second-order valence-corrected chi connectivity index (χ2v) is 12.0. The fourth-order valence-corrected chi connectivity index (χ4v) is 4.59. The monoisotopic (exact) mass is 587 g/mol. The number of carbonyl (C=O) groups excluding carboxylic acids is 1. The van der Waals surface area contributed by atoms with E-state index >= 15 is 0 Å². The Hall–Kier alpha value is -4.17. The van der Waals surface area contributed by atoms with Crippen molar-refractivity contribution < 1.29 is 23.8 Å². The van der Waals surface area contributed by atoms with Gasteiger partial charge in [-0.1, -0.05) is 50.3 Å². The zero-order chi connectivity index (χ0) is 31.7. The molecular weight excluding hydrogens is 542 g/mol. The van der Waals surface area contributed by atoms with E-state index in [0.717, 1.165) is 22.6 Å². The molecule has 230 valence electrons. The lowest BCUT2D eigenvalue weighted by molar-refractivity contribution is -0.149. The van der Waals surface area contributed by atoms with Gasteiger partial charge in [0.25, 0.3) is 0 Å². The lowest BCUT2D eigenvalue weighted by atomic mass is 9.92. The molecule has 2 heterocycles. The summed E-state index contributed by atoms with van der Waals surface area (Å²) in [6, 6.07) is 12.6. The molecule has 4 rings (SSSR count). The molecule has 1 atom stereocenters. The molecule has 3 N–H and O–H groups in total. The summed E-state index contributed by atoms with van der Waals surface area (Å²) >= 11 is 0. The molecule has 8 heteroatoms. The van der Waals surface area contributed by atoms with Crippen molar-refractivity contribution in [1.29, 1.82) is 0 Å². The molecular formula is C35H45N3O5. The molecule has 0 saturated heterocycles. The Balaban J connectivity index is 0.000000934. The normalized spacial score (nSPS) is 15.0. The third-order valence-corrected chi connectivity index (χ3v) is 6.73. The van der Waals surface area contributed by atoms with E-state index in [-0.39, 0.29) is 11.4 Å². The summed E-state index contributed by atoms with van der Waals surface area (Å²) in [6.45, 7) is 14.6. The van der Waals surface area contributed by atoms with Crippen LogP contribution in [0.25, 0.3) is 11.5 Å². The van der Waals surface area contributed by atoms with Crippen molar-refractivity contribution in [2.24, 2.45) is 5.73 Å². The maximum Gasteiger partial charge on any atom is 0.331 e. The van der Waals surface area contributed by atoms with Crippen molar-refractivity contribution in [3.8, 4) is 17.2 Å². The second kappa shape index (κ2) is 14.8. The average molecular weight is 588 g/mol. The lowest BCUT2D eigenvalue weighted by Crippen LogP contribution is -2.42. The molecule has 1 amide bonds. The quantitative estimate of drug-likeness (QED) is 0.209. The molecule has 0 aliphatic carbocycles. The summed E-state index contributed by atoms with van der Waals surface area (Å²) in [5, 5.41) is 9.97. The molecule has 1 unspecified atom stereocenters. The Bertz CT molecular complexity index is 1440. The number of nitrogens with zero attached hydrogens (tertiary/aromatic N) is 2. The van der Waals surface area contributed by atoms with Crippen LogP contribution >= 0.6 is 0 Å². The van der Waals surface area contributed by atoms with Crippen LogP contribution in [-0.4, -0.2) is 45.6 Å². The van der Waals surface area contributed by atoms with E-state index < -0.39 is 12.0 Å². The summed E-state index contributed by atoms with van der Waals surface area (Å²) in [6.07, 6.45) is 7.68. The number of nitrogens with two attached hydrogens (primary N) is 1. The highest BCUT2D eigenvalue weighted by molar-refractivity contribution is 5.92. The highest BCUT2D eigenvalue weighted by atomic mass is 16.5. The van der Waals surface area contributed by atoms with Crippen LogP contribution in [0.15, 0.2) is 71.2 Å². The van der Waals surface area contributed by atoms with E-state index in [9.17, 15) is 14.7 Å². The van der Waals surface area contributed by atoms with Gasteiger partial charge in [0, 0.05) is 30.1 Å². The Morgan fingerprint density at radius 3 is 2.44 bits per heavy atom. The van der Waals surface area contributed by atoms with Crippen LogP contribution in [-0.2, 0) is 22.4 Å². The number of rotatable bonds is 9. The van der Waals surface area contributed by atoms with Gasteiger partial charge >= 0.3 is 5.97 Å². The van der Waals surface area contributed by atoms with Crippen molar-refractivity contribution in [3.05, 3.63) is 94.9 Å². The lowest BCUT2D eigenvalue weighted by Gasteiger charge is -2.34. The summed E-state index contributed by atoms with van der Waals surface area (Å²) in [7, 11) is 0. The minimum atomic E-state index is -1.07. The Labute approximate surface area is 255 Å². The van der Waals surface area contributed by atoms with Crippen LogP contribution in [0, 0.1) is 6.92 Å². The average Bonchev–Trinajstić information content (AvgIpc) is 3.31. The van der Waals surface area contributed by atoms with Crippen molar-refractivity contribution in [2.45, 2.75) is 78.8 Å². The van der Waals surface area contributed by atoms with Gasteiger partial charge < -0.3 is 24.9 Å². The number of ether oxygens (including phenoxy) is 1. The third-order valence-electron chi connectivity index (χ3n) is 6.73. The van der Waals surface area contributed by atoms with Crippen LogP contribution in [0.2, 0.25) is 0 Å². The smallest absolute Gasteiger partial charge is 0.331 e. The van der Waals surface area contributed by atoms with Gasteiger partial charge in [-0.15, -0.1) is 0 Å². The Kier molecular flexibility index (Phi) is 11.5. The molecule has 0 spiro atoms. The van der Waals surface area contributed by atoms with Gasteiger partial charge in [-0.25, -0.2) is 9.78 Å². The first-order valence-corrected chi connectivity index (χ1v) is 14.7. The summed E-state index contributed by atoms with van der Waals surface area (Å²) < 4.78 is 11.9. The maximum atomic E-state index is 12.7. The molecule has 0 fully saturated rings. The Morgan fingerprint density at radius 1 is 1.16 bits per heavy atom. The summed E-state index contributed by atoms with van der Waals surface area (Å²) in [5.41, 5.74) is 9.86. The van der Waals surface area contributed by atoms with Gasteiger partial charge in [0.05, 0.1) is 12.3 Å². The number of hydrogen-bond donors (Lipinski definition) is 2. The van der Waals surface area contributed by atoms with Gasteiger partial charge in [0.2, 0.25) is 11.8 Å². The first-order chi connectivity index (χ1) is 20.3. The van der Waals surface area contributed by atoms with E-state index in [0.29, 0.717) is 49.1 Å². The molecule has 3 aromatic rings. The zero-order valence-electron chi connectivity index (χ0n) is 26.4. The van der Waals surface area contributed by atoms with Crippen LogP contribution in [0.3, 0.4) is 0 Å². The van der Waals surface area contributed by atoms with Gasteiger partial charge in [0.15, 0.2) is 6.04 Å². The number of carboxylic acid groups (broad SMARTS) is 1. The Morgan fingerprint density at radius 2 is 1.84 bits per heavy atom. The molecule has 1 aliphatic rings. The number of allylic oxidation sites excluding steroid dienone is 3. The molecule has 43 heavy (non-hydrogen) atoms. The van der Waals surface area contributed by atoms with Gasteiger partial charge in [-0.3, -0.25) is 4.79 Å². The summed E-state index contributed by atoms with van der Waals surface area (Å²) in [5.74, 6) is 0.944. The number of benzene rings is 2. The zero-order valence-corrected chi connectivity index (χ0v) is 26.4. The van der Waals surface area contributed by atoms with Crippen molar-refractivity contribution >= 4 is 11.9 Å². The fourth-order valence-electron chi connectivity index (χ4n) is 4.59. The number of carbonyl (C=O) groups is 2. The molecule has 8 nitrogen and oxygen atoms in total. The van der Waals surface area contributed by atoms with E-state index in [4.69, 9.17) is 14.9 Å². The van der Waals surface area contributed by atoms with Crippen LogP contribution in [0.4, 0.5) is 0 Å². The predicted molar refractivity (Wildman–Crippen MR) is 170 cm³/mol. The SMILES string of the molecule is CC(C)(C)N.CC=CC=CC(=O)N1CCc2ccc(OCCc3nc(-c4ccc(C(C)C)cc4)oc3C)cc2C1C(=O)O.